The zero-order chi connectivity index (χ0) is 13.4. The summed E-state index contributed by atoms with van der Waals surface area (Å²) in [6.45, 7) is 8.19. The Hall–Kier alpha value is -0.860. The molecule has 108 valence electrons. The van der Waals surface area contributed by atoms with Crippen LogP contribution in [0.5, 0.6) is 0 Å². The monoisotopic (exact) mass is 271 g/mol. The summed E-state index contributed by atoms with van der Waals surface area (Å²) in [7, 11) is 0. The second-order valence-electron chi connectivity index (χ2n) is 7.45. The van der Waals surface area contributed by atoms with Crippen LogP contribution in [-0.4, -0.2) is 37.6 Å². The minimum Gasteiger partial charge on any atom is -0.334 e. The Morgan fingerprint density at radius 2 is 1.70 bits per heavy atom. The van der Waals surface area contributed by atoms with Crippen LogP contribution in [0.3, 0.4) is 0 Å². The van der Waals surface area contributed by atoms with Crippen LogP contribution in [0.2, 0.25) is 0 Å². The second-order valence-corrected chi connectivity index (χ2v) is 7.45. The van der Waals surface area contributed by atoms with Crippen molar-refractivity contribution >= 4 is 0 Å². The van der Waals surface area contributed by atoms with Gasteiger partial charge in [0.25, 0.3) is 0 Å². The number of rotatable bonds is 4. The van der Waals surface area contributed by atoms with E-state index in [1.54, 1.807) is 0 Å². The van der Waals surface area contributed by atoms with Crippen molar-refractivity contribution in [3.63, 3.8) is 0 Å². The van der Waals surface area contributed by atoms with Gasteiger partial charge in [-0.2, -0.15) is 0 Å². The topological polar surface area (TPSA) is 7.68 Å². The normalized spacial score (nSPS) is 34.1. The number of fused-ring (bicyclic) bond motifs is 2. The lowest BCUT2D eigenvalue weighted by molar-refractivity contribution is -0.915. The molecule has 2 bridgehead atoms. The molecule has 1 saturated carbocycles. The van der Waals surface area contributed by atoms with Gasteiger partial charge in [-0.15, -0.1) is 0 Å². The number of quaternary nitrogens is 1. The fraction of sp³-hybridized carbons (Fsp3) is 0.667. The van der Waals surface area contributed by atoms with Crippen molar-refractivity contribution in [3.8, 4) is 0 Å². The van der Waals surface area contributed by atoms with Crippen LogP contribution >= 0.6 is 0 Å². The Bertz CT molecular complexity index is 426. The molecule has 0 spiro atoms. The molecular weight excluding hydrogens is 244 g/mol. The van der Waals surface area contributed by atoms with E-state index in [1.165, 1.54) is 57.5 Å². The molecule has 0 amide bonds. The molecular formula is C18H27N2+. The summed E-state index contributed by atoms with van der Waals surface area (Å²) in [5.74, 6) is 3.00. The summed E-state index contributed by atoms with van der Waals surface area (Å²) in [6, 6.07) is 11.0. The molecule has 20 heavy (non-hydrogen) atoms. The standard InChI is InChI=1S/C18H26N2/c1-2-4-15(5-3-1)9-19-11-17-8-18(12-19)14-20(13-17)10-16-6-7-16/h1-5,16-18H,6-14H2/p+1. The molecule has 2 heteroatoms. The van der Waals surface area contributed by atoms with Gasteiger partial charge in [0.15, 0.2) is 0 Å². The van der Waals surface area contributed by atoms with E-state index < -0.39 is 0 Å². The Labute approximate surface area is 122 Å². The van der Waals surface area contributed by atoms with Crippen molar-refractivity contribution in [1.82, 2.24) is 4.90 Å². The van der Waals surface area contributed by atoms with Gasteiger partial charge in [0.2, 0.25) is 0 Å². The van der Waals surface area contributed by atoms with Gasteiger partial charge in [0.1, 0.15) is 0 Å². The number of likely N-dealkylation sites (tertiary alicyclic amines) is 2. The van der Waals surface area contributed by atoms with E-state index in [0.29, 0.717) is 0 Å². The van der Waals surface area contributed by atoms with Crippen molar-refractivity contribution < 1.29 is 4.90 Å². The molecule has 3 fully saturated rings. The molecule has 0 aromatic heterocycles. The molecule has 2 saturated heterocycles. The highest BCUT2D eigenvalue weighted by atomic mass is 15.2. The molecule has 4 rings (SSSR count). The number of piperidine rings is 2. The SMILES string of the molecule is c1ccc(CN2CC3CC(C2)C[NH+](CC2CC2)C3)cc1. The van der Waals surface area contributed by atoms with E-state index in [9.17, 15) is 0 Å². The lowest BCUT2D eigenvalue weighted by atomic mass is 9.84. The van der Waals surface area contributed by atoms with Gasteiger partial charge >= 0.3 is 0 Å². The molecule has 1 N–H and O–H groups in total. The van der Waals surface area contributed by atoms with Gasteiger partial charge in [-0.1, -0.05) is 30.3 Å². The highest BCUT2D eigenvalue weighted by Crippen LogP contribution is 2.28. The molecule has 2 nitrogen and oxygen atoms in total. The Kier molecular flexibility index (Phi) is 3.53. The van der Waals surface area contributed by atoms with Crippen molar-refractivity contribution in [3.05, 3.63) is 35.9 Å². The molecule has 2 aliphatic heterocycles. The lowest BCUT2D eigenvalue weighted by Gasteiger charge is -2.43. The van der Waals surface area contributed by atoms with Gasteiger partial charge in [0.05, 0.1) is 19.6 Å². The van der Waals surface area contributed by atoms with Gasteiger partial charge in [0, 0.05) is 37.4 Å². The first-order chi connectivity index (χ1) is 9.85. The van der Waals surface area contributed by atoms with E-state index in [2.05, 4.69) is 35.2 Å². The third kappa shape index (κ3) is 3.07. The summed E-state index contributed by atoms with van der Waals surface area (Å²) in [5.41, 5.74) is 1.48. The van der Waals surface area contributed by atoms with Gasteiger partial charge in [-0.3, -0.25) is 4.90 Å². The molecule has 0 radical (unpaired) electrons. The first-order valence-corrected chi connectivity index (χ1v) is 8.45. The summed E-state index contributed by atoms with van der Waals surface area (Å²) >= 11 is 0. The third-order valence-corrected chi connectivity index (χ3v) is 5.38. The summed E-state index contributed by atoms with van der Waals surface area (Å²) in [4.78, 5) is 4.63. The maximum atomic E-state index is 2.71. The predicted octanol–water partition coefficient (Wildman–Crippen LogP) is 1.43. The average molecular weight is 271 g/mol. The zero-order valence-electron chi connectivity index (χ0n) is 12.4. The molecule has 1 aromatic carbocycles. The summed E-state index contributed by atoms with van der Waals surface area (Å²) in [6.07, 6.45) is 4.53. The van der Waals surface area contributed by atoms with Crippen LogP contribution in [0.25, 0.3) is 0 Å². The van der Waals surface area contributed by atoms with Gasteiger partial charge < -0.3 is 4.90 Å². The van der Waals surface area contributed by atoms with Crippen molar-refractivity contribution in [2.75, 3.05) is 32.7 Å². The molecule has 2 atom stereocenters. The summed E-state index contributed by atoms with van der Waals surface area (Å²) in [5, 5.41) is 0. The highest BCUT2D eigenvalue weighted by Gasteiger charge is 2.38. The zero-order valence-corrected chi connectivity index (χ0v) is 12.4. The molecule has 2 heterocycles. The van der Waals surface area contributed by atoms with Gasteiger partial charge in [-0.05, 0) is 24.8 Å². The maximum absolute atomic E-state index is 2.71. The van der Waals surface area contributed by atoms with Crippen LogP contribution in [-0.2, 0) is 6.54 Å². The van der Waals surface area contributed by atoms with E-state index in [4.69, 9.17) is 0 Å². The first kappa shape index (κ1) is 12.8. The number of hydrogen-bond acceptors (Lipinski definition) is 1. The Morgan fingerprint density at radius 1 is 1.00 bits per heavy atom. The minimum atomic E-state index is 0.958. The molecule has 1 aliphatic carbocycles. The van der Waals surface area contributed by atoms with Crippen LogP contribution in [0.1, 0.15) is 24.8 Å². The van der Waals surface area contributed by atoms with Crippen molar-refractivity contribution in [2.45, 2.75) is 25.8 Å². The van der Waals surface area contributed by atoms with E-state index in [-0.39, 0.29) is 0 Å². The summed E-state index contributed by atoms with van der Waals surface area (Å²) < 4.78 is 0. The largest absolute Gasteiger partial charge is 0.334 e. The number of nitrogens with one attached hydrogen (secondary N) is 1. The van der Waals surface area contributed by atoms with Crippen LogP contribution in [0.15, 0.2) is 30.3 Å². The van der Waals surface area contributed by atoms with E-state index >= 15 is 0 Å². The molecule has 3 aliphatic rings. The highest BCUT2D eigenvalue weighted by molar-refractivity contribution is 5.14. The number of nitrogens with zero attached hydrogens (tertiary/aromatic N) is 1. The van der Waals surface area contributed by atoms with Crippen LogP contribution in [0, 0.1) is 17.8 Å². The van der Waals surface area contributed by atoms with Gasteiger partial charge in [-0.25, -0.2) is 0 Å². The third-order valence-electron chi connectivity index (χ3n) is 5.38. The minimum absolute atomic E-state index is 0.958. The number of benzene rings is 1. The van der Waals surface area contributed by atoms with E-state index in [1.807, 2.05) is 4.90 Å². The fourth-order valence-electron chi connectivity index (χ4n) is 4.49. The molecule has 2 unspecified atom stereocenters. The Balaban J connectivity index is 1.34. The molecule has 1 aromatic rings. The maximum Gasteiger partial charge on any atom is 0.0812 e. The van der Waals surface area contributed by atoms with Crippen LogP contribution < -0.4 is 4.90 Å². The smallest absolute Gasteiger partial charge is 0.0812 e. The fourth-order valence-corrected chi connectivity index (χ4v) is 4.49. The van der Waals surface area contributed by atoms with Crippen LogP contribution in [0.4, 0.5) is 0 Å². The average Bonchev–Trinajstić information content (AvgIpc) is 3.23. The quantitative estimate of drug-likeness (QED) is 0.870. The van der Waals surface area contributed by atoms with E-state index in [0.717, 1.165) is 24.3 Å². The first-order valence-electron chi connectivity index (χ1n) is 8.45. The van der Waals surface area contributed by atoms with Crippen molar-refractivity contribution in [1.29, 1.82) is 0 Å². The predicted molar refractivity (Wildman–Crippen MR) is 81.6 cm³/mol. The Morgan fingerprint density at radius 3 is 2.35 bits per heavy atom. The lowest BCUT2D eigenvalue weighted by Crippen LogP contribution is -3.15. The van der Waals surface area contributed by atoms with Crippen molar-refractivity contribution in [2.24, 2.45) is 17.8 Å². The second kappa shape index (κ2) is 5.50. The number of hydrogen-bond donors (Lipinski definition) is 1.